The molecule has 0 bridgehead atoms. The number of aryl methyl sites for hydroxylation is 1. The van der Waals surface area contributed by atoms with Crippen LogP contribution in [0.25, 0.3) is 16.1 Å². The third kappa shape index (κ3) is 2.26. The first-order chi connectivity index (χ1) is 8.13. The topological polar surface area (TPSA) is 17.2 Å². The molecule has 0 aliphatic rings. The van der Waals surface area contributed by atoms with Crippen molar-refractivity contribution in [3.05, 3.63) is 57.5 Å². The van der Waals surface area contributed by atoms with Gasteiger partial charge in [0.15, 0.2) is 0 Å². The van der Waals surface area contributed by atoms with E-state index in [9.17, 15) is 0 Å². The first-order valence-corrected chi connectivity index (χ1v) is 5.68. The molecule has 0 aliphatic heterocycles. The van der Waals surface area contributed by atoms with Gasteiger partial charge in [-0.2, -0.15) is 0 Å². The molecule has 0 saturated carbocycles. The molecule has 1 aromatic heterocycles. The van der Waals surface area contributed by atoms with Gasteiger partial charge in [-0.3, -0.25) is 0 Å². The highest BCUT2D eigenvalue weighted by atomic mass is 35.5. The zero-order valence-corrected chi connectivity index (χ0v) is 10.5. The molecule has 4 heteroatoms. The predicted octanol–water partition coefficient (Wildman–Crippen LogP) is 4.91. The molecule has 0 fully saturated rings. The summed E-state index contributed by atoms with van der Waals surface area (Å²) in [5, 5.41) is 0.623. The molecule has 0 radical (unpaired) electrons. The van der Waals surface area contributed by atoms with Crippen molar-refractivity contribution in [2.45, 2.75) is 6.92 Å². The van der Waals surface area contributed by atoms with Gasteiger partial charge in [0.25, 0.3) is 0 Å². The molecule has 0 atom stereocenters. The first-order valence-electron chi connectivity index (χ1n) is 4.93. The summed E-state index contributed by atoms with van der Waals surface area (Å²) in [4.78, 5) is 7.45. The molecule has 0 saturated heterocycles. The van der Waals surface area contributed by atoms with Crippen LogP contribution in [0.4, 0.5) is 5.69 Å². The molecule has 17 heavy (non-hydrogen) atoms. The highest BCUT2D eigenvalue weighted by molar-refractivity contribution is 6.36. The van der Waals surface area contributed by atoms with Crippen molar-refractivity contribution >= 4 is 28.9 Å². The predicted molar refractivity (Wildman–Crippen MR) is 70.7 cm³/mol. The molecular weight excluding hydrogens is 255 g/mol. The number of pyridine rings is 1. The Morgan fingerprint density at radius 2 is 1.94 bits per heavy atom. The summed E-state index contributed by atoms with van der Waals surface area (Å²) in [5.74, 6) is 0. The van der Waals surface area contributed by atoms with E-state index in [0.717, 1.165) is 11.1 Å². The van der Waals surface area contributed by atoms with Gasteiger partial charge in [0.2, 0.25) is 5.69 Å². The second-order valence-corrected chi connectivity index (χ2v) is 4.32. The molecular formula is C13H8Cl2N2. The van der Waals surface area contributed by atoms with Crippen LogP contribution < -0.4 is 0 Å². The van der Waals surface area contributed by atoms with E-state index in [1.165, 1.54) is 0 Å². The number of rotatable bonds is 1. The fourth-order valence-electron chi connectivity index (χ4n) is 1.56. The zero-order chi connectivity index (χ0) is 12.4. The minimum Gasteiger partial charge on any atom is -0.246 e. The highest BCUT2D eigenvalue weighted by Crippen LogP contribution is 2.34. The van der Waals surface area contributed by atoms with Crippen molar-refractivity contribution in [1.82, 2.24) is 4.98 Å². The van der Waals surface area contributed by atoms with Crippen molar-refractivity contribution in [1.29, 1.82) is 0 Å². The van der Waals surface area contributed by atoms with Gasteiger partial charge >= 0.3 is 0 Å². The van der Waals surface area contributed by atoms with Gasteiger partial charge in [0.1, 0.15) is 5.15 Å². The SMILES string of the molecule is [C-]#[N+]c1cc(Cl)c(-c2ccccc2C)nc1Cl. The van der Waals surface area contributed by atoms with E-state index in [-0.39, 0.29) is 10.8 Å². The van der Waals surface area contributed by atoms with Gasteiger partial charge in [-0.25, -0.2) is 9.83 Å². The van der Waals surface area contributed by atoms with E-state index in [1.54, 1.807) is 6.07 Å². The van der Waals surface area contributed by atoms with Gasteiger partial charge in [-0.15, -0.1) is 0 Å². The summed E-state index contributed by atoms with van der Waals surface area (Å²) in [5.41, 5.74) is 2.88. The van der Waals surface area contributed by atoms with Gasteiger partial charge in [0, 0.05) is 5.56 Å². The number of halogens is 2. The molecule has 0 unspecified atom stereocenters. The average molecular weight is 263 g/mol. The standard InChI is InChI=1S/C13H8Cl2N2/c1-8-5-3-4-6-9(8)12-10(14)7-11(16-2)13(15)17-12/h3-7H,1H3. The molecule has 2 aromatic rings. The Hall–Kier alpha value is -1.56. The van der Waals surface area contributed by atoms with E-state index in [0.29, 0.717) is 10.7 Å². The van der Waals surface area contributed by atoms with E-state index >= 15 is 0 Å². The monoisotopic (exact) mass is 262 g/mol. The van der Waals surface area contributed by atoms with Gasteiger partial charge in [-0.1, -0.05) is 47.5 Å². The fourth-order valence-corrected chi connectivity index (χ4v) is 1.99. The third-order valence-electron chi connectivity index (χ3n) is 2.43. The molecule has 1 heterocycles. The number of aromatic nitrogens is 1. The van der Waals surface area contributed by atoms with Gasteiger partial charge in [0.05, 0.1) is 17.3 Å². The summed E-state index contributed by atoms with van der Waals surface area (Å²) < 4.78 is 0. The van der Waals surface area contributed by atoms with Crippen molar-refractivity contribution in [2.75, 3.05) is 0 Å². The summed E-state index contributed by atoms with van der Waals surface area (Å²) >= 11 is 12.0. The van der Waals surface area contributed by atoms with E-state index in [2.05, 4.69) is 9.83 Å². The van der Waals surface area contributed by atoms with Crippen molar-refractivity contribution in [3.63, 3.8) is 0 Å². The Morgan fingerprint density at radius 3 is 2.59 bits per heavy atom. The Labute approximate surface area is 110 Å². The van der Waals surface area contributed by atoms with Crippen LogP contribution in [-0.2, 0) is 0 Å². The number of hydrogen-bond donors (Lipinski definition) is 0. The lowest BCUT2D eigenvalue weighted by Crippen LogP contribution is -1.89. The fraction of sp³-hybridized carbons (Fsp3) is 0.0769. The van der Waals surface area contributed by atoms with Crippen LogP contribution in [0.3, 0.4) is 0 Å². The van der Waals surface area contributed by atoms with Gasteiger partial charge < -0.3 is 0 Å². The summed E-state index contributed by atoms with van der Waals surface area (Å²) in [6.45, 7) is 8.92. The normalized spacial score (nSPS) is 10.0. The molecule has 2 rings (SSSR count). The summed E-state index contributed by atoms with van der Waals surface area (Å²) in [7, 11) is 0. The maximum absolute atomic E-state index is 6.94. The Bertz CT molecular complexity index is 615. The first kappa shape index (κ1) is 11.9. The largest absolute Gasteiger partial charge is 0.246 e. The van der Waals surface area contributed by atoms with Crippen LogP contribution in [-0.4, -0.2) is 4.98 Å². The quantitative estimate of drug-likeness (QED) is 0.527. The van der Waals surface area contributed by atoms with Crippen LogP contribution in [0.15, 0.2) is 30.3 Å². The number of benzene rings is 1. The Balaban J connectivity index is 2.66. The highest BCUT2D eigenvalue weighted by Gasteiger charge is 2.12. The van der Waals surface area contributed by atoms with E-state index in [4.69, 9.17) is 29.8 Å². The average Bonchev–Trinajstić information content (AvgIpc) is 2.32. The van der Waals surface area contributed by atoms with E-state index < -0.39 is 0 Å². The Morgan fingerprint density at radius 1 is 1.24 bits per heavy atom. The van der Waals surface area contributed by atoms with E-state index in [1.807, 2.05) is 31.2 Å². The third-order valence-corrected chi connectivity index (χ3v) is 3.00. The summed E-state index contributed by atoms with van der Waals surface area (Å²) in [6, 6.07) is 9.31. The molecule has 1 aromatic carbocycles. The molecule has 0 aliphatic carbocycles. The number of nitrogens with zero attached hydrogens (tertiary/aromatic N) is 2. The second kappa shape index (κ2) is 4.75. The maximum atomic E-state index is 6.94. The lowest BCUT2D eigenvalue weighted by atomic mass is 10.1. The minimum atomic E-state index is 0.183. The van der Waals surface area contributed by atoms with Crippen molar-refractivity contribution < 1.29 is 0 Å². The second-order valence-electron chi connectivity index (χ2n) is 3.56. The summed E-state index contributed by atoms with van der Waals surface area (Å²) in [6.07, 6.45) is 0. The Kier molecular flexibility index (Phi) is 3.33. The molecule has 0 amide bonds. The smallest absolute Gasteiger partial charge is 0.225 e. The zero-order valence-electron chi connectivity index (χ0n) is 9.04. The van der Waals surface area contributed by atoms with Crippen LogP contribution in [0, 0.1) is 13.5 Å². The van der Waals surface area contributed by atoms with Crippen LogP contribution in [0.2, 0.25) is 10.2 Å². The van der Waals surface area contributed by atoms with Crippen LogP contribution in [0.1, 0.15) is 5.56 Å². The van der Waals surface area contributed by atoms with Crippen molar-refractivity contribution in [2.24, 2.45) is 0 Å². The number of hydrogen-bond acceptors (Lipinski definition) is 1. The lowest BCUT2D eigenvalue weighted by Gasteiger charge is -2.08. The molecule has 2 nitrogen and oxygen atoms in total. The van der Waals surface area contributed by atoms with Crippen molar-refractivity contribution in [3.8, 4) is 11.3 Å². The lowest BCUT2D eigenvalue weighted by molar-refractivity contribution is 1.31. The van der Waals surface area contributed by atoms with Gasteiger partial charge in [-0.05, 0) is 18.6 Å². The molecule has 0 spiro atoms. The molecule has 84 valence electrons. The van der Waals surface area contributed by atoms with Crippen LogP contribution in [0.5, 0.6) is 0 Å². The van der Waals surface area contributed by atoms with Crippen LogP contribution >= 0.6 is 23.2 Å². The maximum Gasteiger partial charge on any atom is 0.225 e. The molecule has 0 N–H and O–H groups in total. The minimum absolute atomic E-state index is 0.183.